The molecule has 1 unspecified atom stereocenters. The molecule has 0 amide bonds. The third kappa shape index (κ3) is 56.9. The summed E-state index contributed by atoms with van der Waals surface area (Å²) in [6, 6.07) is 0. The number of unbranched alkanes of at least 4 members (excludes halogenated alkanes) is 45. The number of carbonyl (C=O) groups is 3. The van der Waals surface area contributed by atoms with Crippen molar-refractivity contribution in [1.82, 2.24) is 0 Å². The first-order valence-corrected chi connectivity index (χ1v) is 31.2. The highest BCUT2D eigenvalue weighted by molar-refractivity contribution is 5.71. The third-order valence-corrected chi connectivity index (χ3v) is 14.3. The van der Waals surface area contributed by atoms with Crippen LogP contribution < -0.4 is 0 Å². The van der Waals surface area contributed by atoms with Gasteiger partial charge in [0.05, 0.1) is 0 Å². The smallest absolute Gasteiger partial charge is 0.306 e. The van der Waals surface area contributed by atoms with E-state index in [-0.39, 0.29) is 31.1 Å². The lowest BCUT2D eigenvalue weighted by Gasteiger charge is -2.18. The molecule has 0 saturated heterocycles. The standard InChI is InChI=1S/C63H120O6/c1-4-7-10-13-16-19-21-23-25-27-28-29-30-31-32-33-34-35-36-38-39-41-44-47-50-53-56-62(65)68-59-60(58-67-61(64)55-52-49-46-43-18-15-12-9-6-3)69-63(66)57-54-51-48-45-42-40-37-26-24-22-20-17-14-11-8-5-2/h26,37,60H,4-25,27-36,38-59H2,1-3H3/b37-26-. The van der Waals surface area contributed by atoms with Crippen LogP contribution in [0.1, 0.15) is 355 Å². The molecule has 0 aliphatic carbocycles. The van der Waals surface area contributed by atoms with Gasteiger partial charge >= 0.3 is 17.9 Å². The van der Waals surface area contributed by atoms with Crippen LogP contribution in [-0.4, -0.2) is 37.2 Å². The third-order valence-electron chi connectivity index (χ3n) is 14.3. The van der Waals surface area contributed by atoms with Crippen LogP contribution in [0.4, 0.5) is 0 Å². The number of carbonyl (C=O) groups excluding carboxylic acids is 3. The predicted molar refractivity (Wildman–Crippen MR) is 298 cm³/mol. The van der Waals surface area contributed by atoms with Crippen molar-refractivity contribution in [3.63, 3.8) is 0 Å². The average Bonchev–Trinajstić information content (AvgIpc) is 3.35. The second kappa shape index (κ2) is 58.7. The van der Waals surface area contributed by atoms with E-state index >= 15 is 0 Å². The first-order valence-electron chi connectivity index (χ1n) is 31.2. The Labute approximate surface area is 431 Å². The van der Waals surface area contributed by atoms with Crippen molar-refractivity contribution >= 4 is 17.9 Å². The van der Waals surface area contributed by atoms with E-state index in [1.807, 2.05) is 0 Å². The van der Waals surface area contributed by atoms with E-state index in [1.54, 1.807) is 0 Å². The molecule has 0 bridgehead atoms. The Bertz CT molecular complexity index is 1070. The van der Waals surface area contributed by atoms with Gasteiger partial charge in [-0.1, -0.05) is 303 Å². The maximum atomic E-state index is 12.8. The zero-order valence-electron chi connectivity index (χ0n) is 46.9. The second-order valence-corrected chi connectivity index (χ2v) is 21.3. The van der Waals surface area contributed by atoms with Gasteiger partial charge in [-0.15, -0.1) is 0 Å². The highest BCUT2D eigenvalue weighted by Gasteiger charge is 2.19. The highest BCUT2D eigenvalue weighted by Crippen LogP contribution is 2.18. The molecule has 0 heterocycles. The van der Waals surface area contributed by atoms with Crippen LogP contribution >= 0.6 is 0 Å². The first-order chi connectivity index (χ1) is 34.0. The minimum Gasteiger partial charge on any atom is -0.462 e. The Balaban J connectivity index is 4.11. The van der Waals surface area contributed by atoms with Crippen molar-refractivity contribution in [1.29, 1.82) is 0 Å². The molecule has 0 spiro atoms. The summed E-state index contributed by atoms with van der Waals surface area (Å²) in [6.07, 6.45) is 68.1. The molecule has 0 saturated carbocycles. The van der Waals surface area contributed by atoms with E-state index in [9.17, 15) is 14.4 Å². The lowest BCUT2D eigenvalue weighted by Crippen LogP contribution is -2.30. The van der Waals surface area contributed by atoms with Crippen molar-refractivity contribution in [3.05, 3.63) is 12.2 Å². The van der Waals surface area contributed by atoms with Crippen LogP contribution in [0.5, 0.6) is 0 Å². The number of ether oxygens (including phenoxy) is 3. The number of esters is 3. The van der Waals surface area contributed by atoms with E-state index in [0.717, 1.165) is 64.2 Å². The van der Waals surface area contributed by atoms with Crippen LogP contribution in [0.3, 0.4) is 0 Å². The minimum absolute atomic E-state index is 0.0676. The number of rotatable bonds is 58. The van der Waals surface area contributed by atoms with E-state index in [4.69, 9.17) is 14.2 Å². The van der Waals surface area contributed by atoms with E-state index in [1.165, 1.54) is 250 Å². The summed E-state index contributed by atoms with van der Waals surface area (Å²) in [5.74, 6) is -0.854. The van der Waals surface area contributed by atoms with Crippen molar-refractivity contribution < 1.29 is 28.6 Å². The fourth-order valence-corrected chi connectivity index (χ4v) is 9.56. The van der Waals surface area contributed by atoms with E-state index in [0.29, 0.717) is 19.3 Å². The van der Waals surface area contributed by atoms with Crippen molar-refractivity contribution in [2.45, 2.75) is 361 Å². The molecular weight excluding hydrogens is 853 g/mol. The SMILES string of the molecule is CCCCCCCCC/C=C\CCCCCCCC(=O)OC(COC(=O)CCCCCCCCCCC)COC(=O)CCCCCCCCCCCCCCCCCCCCCCCCCCCC. The van der Waals surface area contributed by atoms with E-state index in [2.05, 4.69) is 32.9 Å². The largest absolute Gasteiger partial charge is 0.462 e. The zero-order chi connectivity index (χ0) is 50.0. The summed E-state index contributed by atoms with van der Waals surface area (Å²) in [5.41, 5.74) is 0. The molecule has 0 aliphatic heterocycles. The molecule has 0 rings (SSSR count). The molecule has 0 aliphatic rings. The van der Waals surface area contributed by atoms with Gasteiger partial charge in [-0.2, -0.15) is 0 Å². The fraction of sp³-hybridized carbons (Fsp3) is 0.921. The topological polar surface area (TPSA) is 78.9 Å². The Morgan fingerprint density at radius 1 is 0.275 bits per heavy atom. The van der Waals surface area contributed by atoms with Gasteiger partial charge in [0.15, 0.2) is 6.10 Å². The second-order valence-electron chi connectivity index (χ2n) is 21.3. The van der Waals surface area contributed by atoms with Gasteiger partial charge in [0.2, 0.25) is 0 Å². The number of allylic oxidation sites excluding steroid dienone is 2. The summed E-state index contributed by atoms with van der Waals surface area (Å²) in [7, 11) is 0. The minimum atomic E-state index is -0.768. The van der Waals surface area contributed by atoms with Crippen LogP contribution in [-0.2, 0) is 28.6 Å². The zero-order valence-corrected chi connectivity index (χ0v) is 46.9. The Hall–Kier alpha value is -1.85. The van der Waals surface area contributed by atoms with E-state index < -0.39 is 6.10 Å². The predicted octanol–water partition coefficient (Wildman–Crippen LogP) is 20.9. The molecule has 6 nitrogen and oxygen atoms in total. The van der Waals surface area contributed by atoms with Crippen molar-refractivity contribution in [3.8, 4) is 0 Å². The Kier molecular flexibility index (Phi) is 57.1. The monoisotopic (exact) mass is 973 g/mol. The maximum absolute atomic E-state index is 12.8. The summed E-state index contributed by atoms with van der Waals surface area (Å²) < 4.78 is 16.9. The lowest BCUT2D eigenvalue weighted by atomic mass is 10.0. The molecular formula is C63H120O6. The highest BCUT2D eigenvalue weighted by atomic mass is 16.6. The number of hydrogen-bond acceptors (Lipinski definition) is 6. The number of hydrogen-bond donors (Lipinski definition) is 0. The molecule has 1 atom stereocenters. The Morgan fingerprint density at radius 3 is 0.725 bits per heavy atom. The average molecular weight is 974 g/mol. The summed E-state index contributed by atoms with van der Waals surface area (Å²) in [5, 5.41) is 0. The summed E-state index contributed by atoms with van der Waals surface area (Å²) >= 11 is 0. The normalized spacial score (nSPS) is 12.0. The molecule has 408 valence electrons. The van der Waals surface area contributed by atoms with Gasteiger partial charge in [0, 0.05) is 19.3 Å². The molecule has 69 heavy (non-hydrogen) atoms. The van der Waals surface area contributed by atoms with Crippen LogP contribution in [0.25, 0.3) is 0 Å². The molecule has 0 fully saturated rings. The van der Waals surface area contributed by atoms with Gasteiger partial charge in [0.1, 0.15) is 13.2 Å². The maximum Gasteiger partial charge on any atom is 0.306 e. The Morgan fingerprint density at radius 2 is 0.478 bits per heavy atom. The molecule has 0 N–H and O–H groups in total. The van der Waals surface area contributed by atoms with Gasteiger partial charge in [-0.25, -0.2) is 0 Å². The molecule has 0 radical (unpaired) electrons. The van der Waals surface area contributed by atoms with Gasteiger partial charge < -0.3 is 14.2 Å². The summed E-state index contributed by atoms with van der Waals surface area (Å²) in [6.45, 7) is 6.67. The molecule has 0 aromatic heterocycles. The van der Waals surface area contributed by atoms with Crippen molar-refractivity contribution in [2.24, 2.45) is 0 Å². The molecule has 0 aromatic carbocycles. The molecule has 0 aromatic rings. The lowest BCUT2D eigenvalue weighted by molar-refractivity contribution is -0.167. The first kappa shape index (κ1) is 67.1. The van der Waals surface area contributed by atoms with Crippen LogP contribution in [0.15, 0.2) is 12.2 Å². The van der Waals surface area contributed by atoms with Crippen LogP contribution in [0.2, 0.25) is 0 Å². The fourth-order valence-electron chi connectivity index (χ4n) is 9.56. The molecule has 6 heteroatoms. The van der Waals surface area contributed by atoms with Crippen molar-refractivity contribution in [2.75, 3.05) is 13.2 Å². The van der Waals surface area contributed by atoms with Gasteiger partial charge in [-0.05, 0) is 44.9 Å². The van der Waals surface area contributed by atoms with Crippen LogP contribution in [0, 0.1) is 0 Å². The quantitative estimate of drug-likeness (QED) is 0.0261. The van der Waals surface area contributed by atoms with Gasteiger partial charge in [0.25, 0.3) is 0 Å². The van der Waals surface area contributed by atoms with Gasteiger partial charge in [-0.3, -0.25) is 14.4 Å². The summed E-state index contributed by atoms with van der Waals surface area (Å²) in [4.78, 5) is 38.1.